The molecule has 0 unspecified atom stereocenters. The summed E-state index contributed by atoms with van der Waals surface area (Å²) < 4.78 is 17.8. The van der Waals surface area contributed by atoms with Crippen molar-refractivity contribution in [3.63, 3.8) is 0 Å². The Labute approximate surface area is 164 Å². The van der Waals surface area contributed by atoms with E-state index in [0.717, 1.165) is 32.1 Å². The lowest BCUT2D eigenvalue weighted by Gasteiger charge is -2.45. The summed E-state index contributed by atoms with van der Waals surface area (Å²) in [5, 5.41) is 3.15. The predicted molar refractivity (Wildman–Crippen MR) is 107 cm³/mol. The zero-order valence-electron chi connectivity index (χ0n) is 17.9. The van der Waals surface area contributed by atoms with Crippen molar-refractivity contribution in [1.29, 1.82) is 0 Å². The molecule has 0 aromatic carbocycles. The summed E-state index contributed by atoms with van der Waals surface area (Å²) >= 11 is 0. The lowest BCUT2D eigenvalue weighted by Crippen LogP contribution is -2.56. The summed E-state index contributed by atoms with van der Waals surface area (Å²) in [5.74, 6) is 0. The third-order valence-corrected chi connectivity index (χ3v) is 6.30. The van der Waals surface area contributed by atoms with Gasteiger partial charge in [-0.15, -0.1) is 0 Å². The number of ether oxygens (including phenoxy) is 1. The number of carbonyl (C=O) groups is 1. The Bertz CT molecular complexity index is 652. The van der Waals surface area contributed by atoms with Gasteiger partial charge in [0.05, 0.1) is 16.7 Å². The van der Waals surface area contributed by atoms with E-state index in [1.54, 1.807) is 0 Å². The SMILES string of the molecule is CC(C)(C)OC(=O)NC1(C2=CC=C(B3OC(C)(C)C(C)(C)O3)CC2)CCC1. The van der Waals surface area contributed by atoms with E-state index in [2.05, 4.69) is 45.2 Å². The van der Waals surface area contributed by atoms with Crippen molar-refractivity contribution in [3.05, 3.63) is 23.2 Å². The molecule has 1 amide bonds. The predicted octanol–water partition coefficient (Wildman–Crippen LogP) is 4.71. The molecule has 3 aliphatic rings. The molecule has 1 N–H and O–H groups in total. The van der Waals surface area contributed by atoms with Gasteiger partial charge in [-0.25, -0.2) is 4.79 Å². The Balaban J connectivity index is 1.71. The number of carbonyl (C=O) groups excluding carboxylic acids is 1. The molecule has 1 heterocycles. The number of allylic oxidation sites excluding steroid dienone is 3. The first-order chi connectivity index (χ1) is 12.3. The molecule has 2 aliphatic carbocycles. The van der Waals surface area contributed by atoms with Crippen LogP contribution in [0.1, 0.15) is 80.6 Å². The number of nitrogens with one attached hydrogen (secondary N) is 1. The maximum atomic E-state index is 12.3. The van der Waals surface area contributed by atoms with Crippen LogP contribution >= 0.6 is 0 Å². The first kappa shape index (κ1) is 20.5. The summed E-state index contributed by atoms with van der Waals surface area (Å²) in [6.45, 7) is 14.0. The van der Waals surface area contributed by atoms with Gasteiger partial charge >= 0.3 is 13.2 Å². The Morgan fingerprint density at radius 2 is 1.67 bits per heavy atom. The van der Waals surface area contributed by atoms with Crippen molar-refractivity contribution in [2.75, 3.05) is 0 Å². The largest absolute Gasteiger partial charge is 0.490 e. The highest BCUT2D eigenvalue weighted by Gasteiger charge is 2.52. The van der Waals surface area contributed by atoms with Crippen LogP contribution in [0.2, 0.25) is 0 Å². The molecule has 0 spiro atoms. The Kier molecular flexibility index (Phi) is 5.05. The van der Waals surface area contributed by atoms with Crippen molar-refractivity contribution in [2.45, 2.75) is 103 Å². The maximum Gasteiger partial charge on any atom is 0.490 e. The van der Waals surface area contributed by atoms with E-state index >= 15 is 0 Å². The molecule has 0 atom stereocenters. The third-order valence-electron chi connectivity index (χ3n) is 6.30. The molecular weight excluding hydrogens is 341 g/mol. The van der Waals surface area contributed by atoms with E-state index in [1.165, 1.54) is 11.0 Å². The standard InChI is InChI=1S/C21H34BNO4/c1-18(2,3)25-17(24)23-21(13-8-14-21)15-9-11-16(12-10-15)22-26-19(4,5)20(6,7)27-22/h9,11H,8,10,12-14H2,1-7H3,(H,23,24). The van der Waals surface area contributed by atoms with Crippen LogP contribution in [0.4, 0.5) is 4.79 Å². The quantitative estimate of drug-likeness (QED) is 0.726. The highest BCUT2D eigenvalue weighted by atomic mass is 16.7. The summed E-state index contributed by atoms with van der Waals surface area (Å²) in [6.07, 6.45) is 8.81. The van der Waals surface area contributed by atoms with Gasteiger partial charge in [0.1, 0.15) is 5.60 Å². The van der Waals surface area contributed by atoms with Gasteiger partial charge in [-0.1, -0.05) is 12.2 Å². The second-order valence-electron chi connectivity index (χ2n) is 10.1. The van der Waals surface area contributed by atoms with Crippen LogP contribution in [0.5, 0.6) is 0 Å². The van der Waals surface area contributed by atoms with Crippen LogP contribution in [0.15, 0.2) is 23.2 Å². The van der Waals surface area contributed by atoms with Crippen LogP contribution in [-0.2, 0) is 14.0 Å². The van der Waals surface area contributed by atoms with Crippen molar-refractivity contribution < 1.29 is 18.8 Å². The van der Waals surface area contributed by atoms with E-state index in [-0.39, 0.29) is 30.0 Å². The van der Waals surface area contributed by atoms with E-state index < -0.39 is 5.60 Å². The third kappa shape index (κ3) is 4.12. The molecule has 1 aliphatic heterocycles. The highest BCUT2D eigenvalue weighted by molar-refractivity contribution is 6.54. The molecule has 27 heavy (non-hydrogen) atoms. The van der Waals surface area contributed by atoms with Crippen molar-refractivity contribution in [3.8, 4) is 0 Å². The average Bonchev–Trinajstić information content (AvgIpc) is 2.70. The molecular formula is C21H34BNO4. The molecule has 6 heteroatoms. The molecule has 150 valence electrons. The van der Waals surface area contributed by atoms with Gasteiger partial charge in [0.2, 0.25) is 0 Å². The molecule has 3 rings (SSSR count). The van der Waals surface area contributed by atoms with Crippen molar-refractivity contribution >= 4 is 13.2 Å². The van der Waals surface area contributed by atoms with Gasteiger partial charge in [-0.3, -0.25) is 0 Å². The van der Waals surface area contributed by atoms with Gasteiger partial charge < -0.3 is 19.4 Å². The van der Waals surface area contributed by atoms with Crippen LogP contribution in [0, 0.1) is 0 Å². The Morgan fingerprint density at radius 1 is 1.07 bits per heavy atom. The van der Waals surface area contributed by atoms with Gasteiger partial charge in [0, 0.05) is 0 Å². The summed E-state index contributed by atoms with van der Waals surface area (Å²) in [7, 11) is -0.288. The summed E-state index contributed by atoms with van der Waals surface area (Å²) in [4.78, 5) is 12.3. The van der Waals surface area contributed by atoms with Crippen LogP contribution in [-0.4, -0.2) is 35.6 Å². The topological polar surface area (TPSA) is 56.8 Å². The maximum absolute atomic E-state index is 12.3. The highest BCUT2D eigenvalue weighted by Crippen LogP contribution is 2.44. The van der Waals surface area contributed by atoms with Crippen LogP contribution in [0.3, 0.4) is 0 Å². The molecule has 1 saturated heterocycles. The second kappa shape index (κ2) is 6.66. The zero-order chi connectivity index (χ0) is 20.1. The molecule has 1 saturated carbocycles. The smallest absolute Gasteiger partial charge is 0.444 e. The minimum Gasteiger partial charge on any atom is -0.444 e. The Hall–Kier alpha value is -1.27. The fraction of sp³-hybridized carbons (Fsp3) is 0.762. The summed E-state index contributed by atoms with van der Waals surface area (Å²) in [5.41, 5.74) is 1.07. The van der Waals surface area contributed by atoms with Crippen LogP contribution in [0.25, 0.3) is 0 Å². The lowest BCUT2D eigenvalue weighted by atomic mass is 9.65. The van der Waals surface area contributed by atoms with Gasteiger partial charge in [-0.05, 0) is 91.6 Å². The number of hydrogen-bond acceptors (Lipinski definition) is 4. The van der Waals surface area contributed by atoms with Gasteiger partial charge in [0.25, 0.3) is 0 Å². The number of amides is 1. The van der Waals surface area contributed by atoms with Gasteiger partial charge in [-0.2, -0.15) is 0 Å². The number of hydrogen-bond donors (Lipinski definition) is 1. The first-order valence-corrected chi connectivity index (χ1v) is 10.1. The monoisotopic (exact) mass is 375 g/mol. The number of alkyl carbamates (subject to hydrolysis) is 1. The number of rotatable bonds is 3. The van der Waals surface area contributed by atoms with Crippen molar-refractivity contribution in [2.24, 2.45) is 0 Å². The van der Waals surface area contributed by atoms with Gasteiger partial charge in [0.15, 0.2) is 0 Å². The van der Waals surface area contributed by atoms with Crippen LogP contribution < -0.4 is 5.32 Å². The fourth-order valence-electron chi connectivity index (χ4n) is 3.80. The minimum atomic E-state index is -0.486. The lowest BCUT2D eigenvalue weighted by molar-refractivity contribution is 0.00578. The fourth-order valence-corrected chi connectivity index (χ4v) is 3.80. The zero-order valence-corrected chi connectivity index (χ0v) is 17.9. The van der Waals surface area contributed by atoms with E-state index in [0.29, 0.717) is 0 Å². The van der Waals surface area contributed by atoms with E-state index in [1.807, 2.05) is 20.8 Å². The summed E-state index contributed by atoms with van der Waals surface area (Å²) in [6, 6.07) is 0. The van der Waals surface area contributed by atoms with Crippen molar-refractivity contribution in [1.82, 2.24) is 5.32 Å². The first-order valence-electron chi connectivity index (χ1n) is 10.1. The molecule has 2 fully saturated rings. The molecule has 0 aromatic rings. The van der Waals surface area contributed by atoms with E-state index in [4.69, 9.17) is 14.0 Å². The second-order valence-corrected chi connectivity index (χ2v) is 10.1. The average molecular weight is 375 g/mol. The Morgan fingerprint density at radius 3 is 2.07 bits per heavy atom. The molecule has 0 bridgehead atoms. The van der Waals surface area contributed by atoms with E-state index in [9.17, 15) is 4.79 Å². The normalized spacial score (nSPS) is 26.0. The minimum absolute atomic E-state index is 0.250. The molecule has 5 nitrogen and oxygen atoms in total. The molecule has 0 aromatic heterocycles. The molecule has 0 radical (unpaired) electrons.